The van der Waals surface area contributed by atoms with Crippen molar-refractivity contribution in [3.8, 4) is 0 Å². The largest absolute Gasteiger partial charge is 0.362 e. The van der Waals surface area contributed by atoms with Crippen molar-refractivity contribution < 1.29 is 8.78 Å². The van der Waals surface area contributed by atoms with Gasteiger partial charge in [0, 0.05) is 6.20 Å². The summed E-state index contributed by atoms with van der Waals surface area (Å²) in [6, 6.07) is 5.51. The number of hydrogen-bond acceptors (Lipinski definition) is 6. The van der Waals surface area contributed by atoms with Crippen molar-refractivity contribution in [2.24, 2.45) is 0 Å². The van der Waals surface area contributed by atoms with Gasteiger partial charge in [-0.25, -0.2) is 24.3 Å². The number of nitrogens with one attached hydrogen (secondary N) is 1. The lowest BCUT2D eigenvalue weighted by molar-refractivity contribution is 0.612. The van der Waals surface area contributed by atoms with Gasteiger partial charge in [0.1, 0.15) is 11.6 Å². The first-order valence-electron chi connectivity index (χ1n) is 7.46. The van der Waals surface area contributed by atoms with Gasteiger partial charge in [0.15, 0.2) is 27.1 Å². The molecule has 0 bridgehead atoms. The fraction of sp³-hybridized carbons (Fsp3) is 0.188. The van der Waals surface area contributed by atoms with Gasteiger partial charge in [-0.15, -0.1) is 0 Å². The molecule has 0 aliphatic rings. The highest BCUT2D eigenvalue weighted by atomic mass is 35.5. The molecule has 1 N–H and O–H groups in total. The van der Waals surface area contributed by atoms with Crippen LogP contribution in [0.25, 0.3) is 0 Å². The molecule has 3 aromatic rings. The number of anilines is 1. The van der Waals surface area contributed by atoms with Crippen molar-refractivity contribution in [2.75, 3.05) is 5.32 Å². The Bertz CT molecular complexity index is 905. The van der Waals surface area contributed by atoms with Crippen molar-refractivity contribution in [1.82, 2.24) is 24.9 Å². The van der Waals surface area contributed by atoms with Crippen LogP contribution in [0, 0.1) is 25.5 Å². The van der Waals surface area contributed by atoms with E-state index < -0.39 is 11.6 Å². The van der Waals surface area contributed by atoms with E-state index >= 15 is 0 Å². The third kappa shape index (κ3) is 6.20. The average Bonchev–Trinajstić information content (AvgIpc) is 2.63. The Labute approximate surface area is 169 Å². The quantitative estimate of drug-likeness (QED) is 0.597. The second-order valence-corrected chi connectivity index (χ2v) is 6.14. The lowest BCUT2D eigenvalue weighted by atomic mass is 10.3. The van der Waals surface area contributed by atoms with Gasteiger partial charge in [-0.05, 0) is 26.0 Å². The molecule has 142 valence electrons. The lowest BCUT2D eigenvalue weighted by Crippen LogP contribution is -2.07. The second-order valence-electron chi connectivity index (χ2n) is 5.07. The molecular formula is C16H13Cl3F2N6. The van der Waals surface area contributed by atoms with E-state index in [1.165, 1.54) is 0 Å². The SMILES string of the molecule is Cc1nc(Cl)c(F)c(Cl)n1.Cc1nc(Cl)c(F)c(NCc2ccccn2)n1. The van der Waals surface area contributed by atoms with E-state index in [0.29, 0.717) is 18.2 Å². The minimum absolute atomic E-state index is 0.0909. The smallest absolute Gasteiger partial charge is 0.202 e. The third-order valence-electron chi connectivity index (χ3n) is 2.97. The van der Waals surface area contributed by atoms with E-state index in [1.807, 2.05) is 18.2 Å². The molecule has 0 radical (unpaired) electrons. The van der Waals surface area contributed by atoms with Crippen LogP contribution in [0.5, 0.6) is 0 Å². The zero-order valence-electron chi connectivity index (χ0n) is 14.1. The van der Waals surface area contributed by atoms with Crippen molar-refractivity contribution in [3.05, 3.63) is 68.8 Å². The minimum Gasteiger partial charge on any atom is -0.362 e. The minimum atomic E-state index is -0.770. The molecule has 0 saturated carbocycles. The number of pyridine rings is 1. The highest BCUT2D eigenvalue weighted by Crippen LogP contribution is 2.19. The first kappa shape index (κ1) is 21.1. The first-order chi connectivity index (χ1) is 12.8. The van der Waals surface area contributed by atoms with Crippen molar-refractivity contribution in [3.63, 3.8) is 0 Å². The van der Waals surface area contributed by atoms with Crippen LogP contribution in [-0.4, -0.2) is 24.9 Å². The summed E-state index contributed by atoms with van der Waals surface area (Å²) in [6.45, 7) is 3.61. The molecular weight excluding hydrogens is 421 g/mol. The number of hydrogen-bond donors (Lipinski definition) is 1. The van der Waals surface area contributed by atoms with E-state index in [0.717, 1.165) is 5.69 Å². The molecule has 3 aromatic heterocycles. The van der Waals surface area contributed by atoms with Crippen molar-refractivity contribution >= 4 is 40.6 Å². The fourth-order valence-corrected chi connectivity index (χ4v) is 2.50. The Kier molecular flexibility index (Phi) is 7.58. The van der Waals surface area contributed by atoms with Crippen LogP contribution in [-0.2, 0) is 6.54 Å². The number of aryl methyl sites for hydroxylation is 2. The lowest BCUT2D eigenvalue weighted by Gasteiger charge is -2.07. The maximum Gasteiger partial charge on any atom is 0.202 e. The molecule has 0 amide bonds. The molecule has 0 aliphatic carbocycles. The summed E-state index contributed by atoms with van der Waals surface area (Å²) >= 11 is 16.2. The first-order valence-corrected chi connectivity index (χ1v) is 8.60. The van der Waals surface area contributed by atoms with Crippen LogP contribution in [0.4, 0.5) is 14.6 Å². The molecule has 0 spiro atoms. The summed E-state index contributed by atoms with van der Waals surface area (Å²) in [5.41, 5.74) is 0.791. The zero-order valence-corrected chi connectivity index (χ0v) is 16.4. The Hall–Kier alpha value is -2.16. The number of aromatic nitrogens is 5. The van der Waals surface area contributed by atoms with Crippen LogP contribution in [0.3, 0.4) is 0 Å². The van der Waals surface area contributed by atoms with Gasteiger partial charge in [-0.2, -0.15) is 4.39 Å². The maximum absolute atomic E-state index is 13.5. The molecule has 6 nitrogen and oxygen atoms in total. The van der Waals surface area contributed by atoms with E-state index in [2.05, 4.69) is 30.2 Å². The van der Waals surface area contributed by atoms with Gasteiger partial charge in [-0.3, -0.25) is 4.98 Å². The number of nitrogens with zero attached hydrogens (tertiary/aromatic N) is 5. The van der Waals surface area contributed by atoms with Crippen LogP contribution in [0.15, 0.2) is 24.4 Å². The highest BCUT2D eigenvalue weighted by molar-refractivity contribution is 6.33. The normalized spacial score (nSPS) is 10.2. The molecule has 11 heteroatoms. The molecule has 0 aromatic carbocycles. The molecule has 0 atom stereocenters. The standard InChI is InChI=1S/C11H10ClFN4.C5H3Cl2FN2/c1-7-16-10(12)9(13)11(17-7)15-6-8-4-2-3-5-14-8;1-2-9-4(6)3(8)5(7)10-2/h2-5H,6H2,1H3,(H,15,16,17);1H3. The topological polar surface area (TPSA) is 76.5 Å². The van der Waals surface area contributed by atoms with Crippen LogP contribution in [0.1, 0.15) is 17.3 Å². The molecule has 0 unspecified atom stereocenters. The second kappa shape index (κ2) is 9.68. The van der Waals surface area contributed by atoms with Crippen LogP contribution < -0.4 is 5.32 Å². The molecule has 3 heterocycles. The molecule has 27 heavy (non-hydrogen) atoms. The Morgan fingerprint density at radius 2 is 1.41 bits per heavy atom. The van der Waals surface area contributed by atoms with Crippen molar-refractivity contribution in [2.45, 2.75) is 20.4 Å². The molecule has 0 aliphatic heterocycles. The van der Waals surface area contributed by atoms with Gasteiger partial charge in [0.25, 0.3) is 0 Å². The predicted molar refractivity (Wildman–Crippen MR) is 100 cm³/mol. The number of rotatable bonds is 3. The average molecular weight is 434 g/mol. The zero-order chi connectivity index (χ0) is 20.0. The molecule has 3 rings (SSSR count). The Morgan fingerprint density at radius 3 is 1.96 bits per heavy atom. The third-order valence-corrected chi connectivity index (χ3v) is 3.72. The summed E-state index contributed by atoms with van der Waals surface area (Å²) in [6.07, 6.45) is 1.67. The summed E-state index contributed by atoms with van der Waals surface area (Å²) in [5, 5.41) is 2.18. The summed E-state index contributed by atoms with van der Waals surface area (Å²) in [7, 11) is 0. The van der Waals surface area contributed by atoms with Crippen LogP contribution >= 0.6 is 34.8 Å². The van der Waals surface area contributed by atoms with Crippen LogP contribution in [0.2, 0.25) is 15.5 Å². The van der Waals surface area contributed by atoms with E-state index in [1.54, 1.807) is 20.0 Å². The van der Waals surface area contributed by atoms with Gasteiger partial charge in [-0.1, -0.05) is 40.9 Å². The van der Waals surface area contributed by atoms with E-state index in [9.17, 15) is 8.78 Å². The predicted octanol–water partition coefficient (Wildman–Crippen LogP) is 4.82. The molecule has 0 fully saturated rings. The van der Waals surface area contributed by atoms with Gasteiger partial charge >= 0.3 is 0 Å². The van der Waals surface area contributed by atoms with Gasteiger partial charge in [0.2, 0.25) is 5.82 Å². The maximum atomic E-state index is 13.5. The summed E-state index contributed by atoms with van der Waals surface area (Å²) in [5.74, 6) is -0.549. The fourth-order valence-electron chi connectivity index (χ4n) is 1.81. The summed E-state index contributed by atoms with van der Waals surface area (Å²) in [4.78, 5) is 18.8. The Balaban J connectivity index is 0.000000223. The van der Waals surface area contributed by atoms with Gasteiger partial charge in [0.05, 0.1) is 12.2 Å². The van der Waals surface area contributed by atoms with E-state index in [4.69, 9.17) is 34.8 Å². The number of halogens is 5. The van der Waals surface area contributed by atoms with E-state index in [-0.39, 0.29) is 21.3 Å². The monoisotopic (exact) mass is 432 g/mol. The molecule has 0 saturated heterocycles. The summed E-state index contributed by atoms with van der Waals surface area (Å²) < 4.78 is 26.1. The van der Waals surface area contributed by atoms with Crippen molar-refractivity contribution in [1.29, 1.82) is 0 Å². The van der Waals surface area contributed by atoms with Gasteiger partial charge < -0.3 is 5.32 Å². The highest BCUT2D eigenvalue weighted by Gasteiger charge is 2.11. The Morgan fingerprint density at radius 1 is 0.852 bits per heavy atom.